The van der Waals surface area contributed by atoms with Crippen molar-refractivity contribution in [3.63, 3.8) is 0 Å². The molecule has 8 aliphatic rings. The molecule has 5 aliphatic heterocycles. The number of hydrogen-bond acceptors (Lipinski definition) is 37. The van der Waals surface area contributed by atoms with Crippen LogP contribution >= 0.6 is 47.9 Å². The van der Waals surface area contributed by atoms with E-state index >= 15 is 0 Å². The first-order valence-corrected chi connectivity index (χ1v) is 38.7. The van der Waals surface area contributed by atoms with Gasteiger partial charge in [0.05, 0.1) is 111 Å². The summed E-state index contributed by atoms with van der Waals surface area (Å²) in [7, 11) is 0. The molecule has 0 spiro atoms. The lowest BCUT2D eigenvalue weighted by Gasteiger charge is -2.48. The maximum Gasteiger partial charge on any atom is 0.336 e. The minimum atomic E-state index is -1.47. The Morgan fingerprint density at radius 1 is 0.524 bits per heavy atom. The van der Waals surface area contributed by atoms with Gasteiger partial charge in [-0.05, 0) is 67.6 Å². The lowest BCUT2D eigenvalue weighted by Crippen LogP contribution is -2.68. The highest BCUT2D eigenvalue weighted by Crippen LogP contribution is 2.43. The Morgan fingerprint density at radius 2 is 0.981 bits per heavy atom. The number of hydrogen-bond donors (Lipinski definition) is 22. The highest BCUT2D eigenvalue weighted by molar-refractivity contribution is 8.00. The standard InChI is InChI=1S/C44H58N6O15S2.C22H45N5O9S2/c45-16-32-29(53)15-28(48)43(62-32)64-40-26(46)14-27(47)41(39(40)57)65-44-38(56)36(49)37(55)33(63-44)17-66-9-7-60-8-10-67-18-34(54)50-19-1-4-22(25(11-19)42(58)59)35-23-5-2-20(51)12-30(23)61-31-13-21(52)3-6-24(31)35;23-7-13-12(28)6-11(26)21(33-13)35-19-9(24)5-10(25)20(18(19)31)36-22-17(30)15(27)16(29)14(34-22)8-38-4-2-32-1-3-37/h1-6,11-13,26-29,32-33,36-41,43-44,51,53,55-57H,7-10,14-18,45-49H2,(H,50,54)(H,58,59);9-22,28-31,37H,1-8,23-27H2/t26-,27+,28+,29?,32+,33?,36-,37+,38?,39?,40?,41-,43+,44+;9-,10+,11+,12?,13+,14?,15-,16+,17?,18?,19?,20-,21+,22+/m00/s1. The van der Waals surface area contributed by atoms with Gasteiger partial charge in [-0.2, -0.15) is 36.2 Å². The maximum atomic E-state index is 12.9. The minimum Gasteiger partial charge on any atom is -0.508 e. The van der Waals surface area contributed by atoms with Crippen molar-refractivity contribution in [3.8, 4) is 28.2 Å². The van der Waals surface area contributed by atoms with Crippen molar-refractivity contribution < 1.29 is 112 Å². The Balaban J connectivity index is 0.000000285. The number of aromatic hydroxyl groups is 1. The van der Waals surface area contributed by atoms with E-state index in [9.17, 15) is 65.4 Å². The first kappa shape index (κ1) is 85.2. The Bertz CT molecular complexity index is 3430. The van der Waals surface area contributed by atoms with E-state index in [4.69, 9.17) is 109 Å². The fourth-order valence-electron chi connectivity index (χ4n) is 13.4. The van der Waals surface area contributed by atoms with Crippen LogP contribution in [-0.2, 0) is 52.2 Å². The number of aliphatic hydroxyl groups excluding tert-OH is 8. The molecule has 2 aromatic rings. The fraction of sp³-hybridized carbons (Fsp3) is 0.682. The van der Waals surface area contributed by atoms with Gasteiger partial charge in [0.2, 0.25) is 5.91 Å². The van der Waals surface area contributed by atoms with E-state index in [2.05, 4.69) is 17.9 Å². The summed E-state index contributed by atoms with van der Waals surface area (Å²) < 4.78 is 64.4. The smallest absolute Gasteiger partial charge is 0.336 e. The molecule has 4 saturated heterocycles. The van der Waals surface area contributed by atoms with Crippen LogP contribution in [0.2, 0.25) is 0 Å². The maximum absolute atomic E-state index is 12.9. The van der Waals surface area contributed by atoms with E-state index < -0.39 is 177 Å². The van der Waals surface area contributed by atoms with Crippen LogP contribution in [0.5, 0.6) is 5.75 Å². The number of aliphatic hydroxyl groups is 8. The van der Waals surface area contributed by atoms with E-state index in [-0.39, 0.29) is 90.0 Å². The zero-order valence-corrected chi connectivity index (χ0v) is 60.9. The second kappa shape index (κ2) is 39.9. The first-order valence-electron chi connectivity index (χ1n) is 34.6. The van der Waals surface area contributed by atoms with Crippen LogP contribution in [0.1, 0.15) is 36.0 Å². The highest BCUT2D eigenvalue weighted by atomic mass is 32.2. The molecule has 10 unspecified atom stereocenters. The van der Waals surface area contributed by atoms with Crippen LogP contribution < -0.4 is 68.1 Å². The number of rotatable bonds is 30. The quantitative estimate of drug-likeness (QED) is 0.0132. The zero-order chi connectivity index (χ0) is 76.1. The number of fused-ring (bicyclic) bond motifs is 2. The number of nitrogens with one attached hydrogen (secondary N) is 1. The van der Waals surface area contributed by atoms with Crippen molar-refractivity contribution in [2.45, 2.75) is 197 Å². The Morgan fingerprint density at radius 3 is 1.46 bits per heavy atom. The number of ether oxygens (including phenoxy) is 10. The largest absolute Gasteiger partial charge is 0.508 e. The molecular weight excluding hydrogens is 1460 g/mol. The average molecular weight is 1560 g/mol. The van der Waals surface area contributed by atoms with Crippen LogP contribution in [0.25, 0.3) is 33.4 Å². The number of carbonyl (C=O) groups excluding carboxylic acids is 1. The summed E-state index contributed by atoms with van der Waals surface area (Å²) in [5, 5.41) is 109. The number of anilines is 1. The summed E-state index contributed by atoms with van der Waals surface area (Å²) in [6.45, 7) is 1.82. The normalized spacial score (nSPS) is 36.7. The van der Waals surface area contributed by atoms with E-state index in [1.807, 2.05) is 0 Å². The summed E-state index contributed by atoms with van der Waals surface area (Å²) in [5.74, 6) is 1.54. The lowest BCUT2D eigenvalue weighted by molar-refractivity contribution is -0.309. The molecule has 35 nitrogen and oxygen atoms in total. The number of phenolic OH excluding ortho intramolecular Hbond substituents is 1. The number of thiol groups is 1. The second-order valence-electron chi connectivity index (χ2n) is 26.8. The van der Waals surface area contributed by atoms with E-state index in [0.29, 0.717) is 77.3 Å². The third-order valence-corrected chi connectivity index (χ3v) is 22.2. The van der Waals surface area contributed by atoms with Crippen molar-refractivity contribution in [1.29, 1.82) is 0 Å². The topological polar surface area (TPSA) is 631 Å². The molecule has 0 bridgehead atoms. The molecule has 28 atom stereocenters. The average Bonchev–Trinajstić information content (AvgIpc) is 0.749. The summed E-state index contributed by atoms with van der Waals surface area (Å²) in [6, 6.07) is 6.66. The van der Waals surface area contributed by atoms with Crippen molar-refractivity contribution >= 4 is 76.4 Å². The van der Waals surface area contributed by atoms with Gasteiger partial charge in [-0.1, -0.05) is 6.07 Å². The number of thioether (sulfide) groups is 3. The van der Waals surface area contributed by atoms with Gasteiger partial charge >= 0.3 is 5.97 Å². The molecule has 105 heavy (non-hydrogen) atoms. The molecule has 0 aromatic heterocycles. The molecule has 590 valence electrons. The van der Waals surface area contributed by atoms with Gasteiger partial charge < -0.3 is 166 Å². The molecule has 0 radical (unpaired) electrons. The fourth-order valence-corrected chi connectivity index (χ4v) is 16.0. The van der Waals surface area contributed by atoms with Crippen LogP contribution in [0.3, 0.4) is 0 Å². The Labute approximate surface area is 623 Å². The zero-order valence-electron chi connectivity index (χ0n) is 57.5. The van der Waals surface area contributed by atoms with Gasteiger partial charge in [0.1, 0.15) is 65.9 Å². The number of carboxylic acid groups (broad SMARTS) is 1. The van der Waals surface area contributed by atoms with Crippen LogP contribution in [0.15, 0.2) is 63.8 Å². The number of benzene rings is 3. The minimum absolute atomic E-state index is 0.0233. The number of carboxylic acids is 1. The van der Waals surface area contributed by atoms with Gasteiger partial charge in [0, 0.05) is 106 Å². The number of nitrogens with two attached hydrogens (primary N) is 10. The van der Waals surface area contributed by atoms with Gasteiger partial charge in [-0.25, -0.2) is 4.79 Å². The van der Waals surface area contributed by atoms with Gasteiger partial charge in [-0.15, -0.1) is 11.8 Å². The van der Waals surface area contributed by atoms with Gasteiger partial charge in [0.25, 0.3) is 0 Å². The van der Waals surface area contributed by atoms with Crippen LogP contribution in [0.4, 0.5) is 5.69 Å². The summed E-state index contributed by atoms with van der Waals surface area (Å²) in [4.78, 5) is 37.5. The molecule has 39 heteroatoms. The molecule has 10 rings (SSSR count). The number of carbonyl (C=O) groups is 2. The van der Waals surface area contributed by atoms with Crippen molar-refractivity contribution in [3.05, 3.63) is 70.4 Å². The number of amides is 1. The Hall–Kier alpha value is -3.85. The van der Waals surface area contributed by atoms with E-state index in [1.165, 1.54) is 65.6 Å². The van der Waals surface area contributed by atoms with Gasteiger partial charge in [0.15, 0.2) is 30.6 Å². The second-order valence-corrected chi connectivity index (χ2v) is 30.6. The molecule has 1 amide bonds. The summed E-state index contributed by atoms with van der Waals surface area (Å²) >= 11 is 8.32. The third kappa shape index (κ3) is 21.6. The predicted molar refractivity (Wildman–Crippen MR) is 392 cm³/mol. The van der Waals surface area contributed by atoms with Crippen LogP contribution in [-0.4, -0.2) is 314 Å². The van der Waals surface area contributed by atoms with Gasteiger partial charge in [-0.3, -0.25) is 9.59 Å². The molecule has 6 fully saturated rings. The van der Waals surface area contributed by atoms with E-state index in [1.54, 1.807) is 24.3 Å². The van der Waals surface area contributed by atoms with Crippen molar-refractivity contribution in [2.75, 3.05) is 85.1 Å². The molecule has 3 aliphatic carbocycles. The first-order chi connectivity index (χ1) is 50.1. The molecule has 31 N–H and O–H groups in total. The molecule has 2 saturated carbocycles. The summed E-state index contributed by atoms with van der Waals surface area (Å²) in [5.41, 5.74) is 62.6. The lowest BCUT2D eigenvalue weighted by atomic mass is 9.84. The Kier molecular flexibility index (Phi) is 32.3. The molecular formula is C66H103N11O24S4. The molecule has 2 aromatic carbocycles. The highest BCUT2D eigenvalue weighted by Gasteiger charge is 2.53. The van der Waals surface area contributed by atoms with Crippen LogP contribution in [0, 0.1) is 0 Å². The monoisotopic (exact) mass is 1560 g/mol. The predicted octanol–water partition coefficient (Wildman–Crippen LogP) is -5.49. The van der Waals surface area contributed by atoms with E-state index in [0.717, 1.165) is 0 Å². The number of phenols is 1. The SMILES string of the molecule is NC[C@H]1O[C@H](OC2C(O)[C@@H](O[C@H]3OC(CSCCOCCS)[C@@H](O)[C@H](N)C3O)[C@H](N)C[C@@H]2N)[C@H](N)CC1O.NC[C@H]1O[C@H](OC2C(O)[C@@H](O[C@H]3OC(CSCCOCCSCC(=O)Nc4ccc(-c5c6ccc(=O)cc-6oc6cc(O)ccc56)c(C(=O)O)c4)[C@@H](O)[C@H](N)C3O)[C@H](N)C[C@@H]2N)[C@H](N)CC1O. The summed E-state index contributed by atoms with van der Waals surface area (Å²) in [6.07, 6.45) is -20.7. The van der Waals surface area contributed by atoms with Crippen molar-refractivity contribution in [1.82, 2.24) is 0 Å². The molecule has 5 heterocycles. The number of aromatic carboxylic acids is 1. The third-order valence-electron chi connectivity index (χ3n) is 19.1. The van der Waals surface area contributed by atoms with Crippen molar-refractivity contribution in [2.24, 2.45) is 57.3 Å².